The third-order valence-corrected chi connectivity index (χ3v) is 3.52. The Morgan fingerprint density at radius 1 is 1.16 bits per heavy atom. The molecule has 92 valence electrons. The first-order valence-electron chi connectivity index (χ1n) is 6.39. The molecule has 0 fully saturated rings. The second-order valence-electron chi connectivity index (χ2n) is 4.74. The molecule has 1 aliphatic carbocycles. The van der Waals surface area contributed by atoms with E-state index in [0.29, 0.717) is 0 Å². The molecule has 0 amide bonds. The zero-order valence-corrected chi connectivity index (χ0v) is 10.4. The number of H-pyrrole nitrogens is 1. The van der Waals surface area contributed by atoms with Crippen molar-refractivity contribution in [3.05, 3.63) is 59.9 Å². The molecule has 0 radical (unpaired) electrons. The molecule has 0 saturated heterocycles. The predicted octanol–water partition coefficient (Wildman–Crippen LogP) is 3.88. The summed E-state index contributed by atoms with van der Waals surface area (Å²) in [5.74, 6) is 0. The van der Waals surface area contributed by atoms with Crippen molar-refractivity contribution in [3.8, 4) is 0 Å². The molecule has 2 N–H and O–H groups in total. The summed E-state index contributed by atoms with van der Waals surface area (Å²) in [5, 5.41) is 4.58. The highest BCUT2D eigenvalue weighted by Crippen LogP contribution is 2.28. The number of pyridine rings is 1. The smallest absolute Gasteiger partial charge is 0.139 e. The van der Waals surface area contributed by atoms with Crippen LogP contribution in [0.2, 0.25) is 0 Å². The van der Waals surface area contributed by atoms with Gasteiger partial charge in [-0.05, 0) is 41.8 Å². The average Bonchev–Trinajstić information content (AvgIpc) is 3.06. The summed E-state index contributed by atoms with van der Waals surface area (Å²) >= 11 is 0. The van der Waals surface area contributed by atoms with Gasteiger partial charge in [-0.15, -0.1) is 0 Å². The maximum Gasteiger partial charge on any atom is 0.139 e. The second-order valence-corrected chi connectivity index (χ2v) is 4.74. The Labute approximate surface area is 111 Å². The Bertz CT molecular complexity index is 784. The molecule has 0 unspecified atom stereocenters. The quantitative estimate of drug-likeness (QED) is 0.721. The van der Waals surface area contributed by atoms with Gasteiger partial charge < -0.3 is 10.3 Å². The summed E-state index contributed by atoms with van der Waals surface area (Å²) in [4.78, 5) is 7.42. The molecule has 19 heavy (non-hydrogen) atoms. The maximum absolute atomic E-state index is 4.29. The van der Waals surface area contributed by atoms with E-state index in [9.17, 15) is 0 Å². The van der Waals surface area contributed by atoms with Gasteiger partial charge in [0.15, 0.2) is 0 Å². The van der Waals surface area contributed by atoms with Gasteiger partial charge in [0, 0.05) is 23.5 Å². The maximum atomic E-state index is 4.29. The molecule has 2 aromatic heterocycles. The number of anilines is 2. The zero-order valence-electron chi connectivity index (χ0n) is 10.4. The molecule has 1 aliphatic rings. The van der Waals surface area contributed by atoms with Gasteiger partial charge in [0.1, 0.15) is 5.65 Å². The standard InChI is InChI=1S/C16H13N3/c1-2-11-4-5-13(10-12(11)3-1)19-15-7-9-18-16-14(15)6-8-17-16/h1,3-10H,2H2,(H2,17,18,19). The number of allylic oxidation sites excluding steroid dienone is 1. The number of aromatic nitrogens is 2. The predicted molar refractivity (Wildman–Crippen MR) is 78.6 cm³/mol. The lowest BCUT2D eigenvalue weighted by molar-refractivity contribution is 1.31. The molecule has 1 aromatic carbocycles. The second kappa shape index (κ2) is 3.99. The van der Waals surface area contributed by atoms with Crippen LogP contribution in [0.25, 0.3) is 17.1 Å². The summed E-state index contributed by atoms with van der Waals surface area (Å²) in [6.45, 7) is 0. The molecule has 4 rings (SSSR count). The van der Waals surface area contributed by atoms with Gasteiger partial charge in [-0.2, -0.15) is 0 Å². The van der Waals surface area contributed by atoms with Crippen molar-refractivity contribution in [1.29, 1.82) is 0 Å². The molecule has 3 heteroatoms. The topological polar surface area (TPSA) is 40.7 Å². The summed E-state index contributed by atoms with van der Waals surface area (Å²) in [6, 6.07) is 10.5. The number of hydrogen-bond donors (Lipinski definition) is 2. The molecule has 2 heterocycles. The van der Waals surface area contributed by atoms with Gasteiger partial charge in [0.05, 0.1) is 5.69 Å². The molecular weight excluding hydrogens is 234 g/mol. The Balaban J connectivity index is 1.75. The monoisotopic (exact) mass is 247 g/mol. The molecular formula is C16H13N3. The Morgan fingerprint density at radius 2 is 2.16 bits per heavy atom. The normalized spacial score (nSPS) is 12.8. The van der Waals surface area contributed by atoms with Gasteiger partial charge in [-0.1, -0.05) is 18.2 Å². The molecule has 3 aromatic rings. The average molecular weight is 247 g/mol. The first-order valence-corrected chi connectivity index (χ1v) is 6.39. The van der Waals surface area contributed by atoms with Crippen LogP contribution in [0.5, 0.6) is 0 Å². The van der Waals surface area contributed by atoms with Crippen molar-refractivity contribution in [2.24, 2.45) is 0 Å². The number of nitrogens with one attached hydrogen (secondary N) is 2. The van der Waals surface area contributed by atoms with Gasteiger partial charge in [0.2, 0.25) is 0 Å². The van der Waals surface area contributed by atoms with E-state index >= 15 is 0 Å². The van der Waals surface area contributed by atoms with E-state index in [4.69, 9.17) is 0 Å². The first kappa shape index (κ1) is 10.4. The van der Waals surface area contributed by atoms with Gasteiger partial charge in [-0.25, -0.2) is 4.98 Å². The highest BCUT2D eigenvalue weighted by Gasteiger charge is 2.07. The van der Waals surface area contributed by atoms with E-state index in [-0.39, 0.29) is 0 Å². The summed E-state index contributed by atoms with van der Waals surface area (Å²) in [7, 11) is 0. The fourth-order valence-corrected chi connectivity index (χ4v) is 2.55. The minimum absolute atomic E-state index is 0.908. The van der Waals surface area contributed by atoms with Gasteiger partial charge in [0.25, 0.3) is 0 Å². The molecule has 0 atom stereocenters. The van der Waals surface area contributed by atoms with Crippen molar-refractivity contribution in [1.82, 2.24) is 9.97 Å². The SMILES string of the molecule is C1=Cc2cc(Nc3ccnc4[nH]ccc34)ccc2C1. The summed E-state index contributed by atoms with van der Waals surface area (Å²) < 4.78 is 0. The van der Waals surface area contributed by atoms with Crippen LogP contribution in [-0.4, -0.2) is 9.97 Å². The van der Waals surface area contributed by atoms with Crippen LogP contribution in [0.15, 0.2) is 48.8 Å². The van der Waals surface area contributed by atoms with E-state index in [2.05, 4.69) is 45.6 Å². The fourth-order valence-electron chi connectivity index (χ4n) is 2.55. The number of hydrogen-bond acceptors (Lipinski definition) is 2. The van der Waals surface area contributed by atoms with Crippen LogP contribution >= 0.6 is 0 Å². The van der Waals surface area contributed by atoms with E-state index in [1.54, 1.807) is 0 Å². The van der Waals surface area contributed by atoms with Crippen LogP contribution in [0, 0.1) is 0 Å². The zero-order chi connectivity index (χ0) is 12.7. The molecule has 0 saturated carbocycles. The summed E-state index contributed by atoms with van der Waals surface area (Å²) in [5.41, 5.74) is 5.80. The van der Waals surface area contributed by atoms with Gasteiger partial charge >= 0.3 is 0 Å². The summed E-state index contributed by atoms with van der Waals surface area (Å²) in [6.07, 6.45) is 9.15. The van der Waals surface area contributed by atoms with Crippen LogP contribution < -0.4 is 5.32 Å². The number of nitrogens with zero attached hydrogens (tertiary/aromatic N) is 1. The van der Waals surface area contributed by atoms with E-state index in [0.717, 1.165) is 28.8 Å². The Kier molecular flexibility index (Phi) is 2.18. The lowest BCUT2D eigenvalue weighted by Gasteiger charge is -2.09. The van der Waals surface area contributed by atoms with E-state index < -0.39 is 0 Å². The van der Waals surface area contributed by atoms with Gasteiger partial charge in [-0.3, -0.25) is 0 Å². The van der Waals surface area contributed by atoms with E-state index in [1.165, 1.54) is 11.1 Å². The minimum atomic E-state index is 0.908. The Morgan fingerprint density at radius 3 is 3.16 bits per heavy atom. The largest absolute Gasteiger partial charge is 0.355 e. The molecule has 0 bridgehead atoms. The van der Waals surface area contributed by atoms with Crippen molar-refractivity contribution < 1.29 is 0 Å². The van der Waals surface area contributed by atoms with Crippen LogP contribution in [0.3, 0.4) is 0 Å². The molecule has 0 spiro atoms. The first-order chi connectivity index (χ1) is 9.40. The fraction of sp³-hybridized carbons (Fsp3) is 0.0625. The lowest BCUT2D eigenvalue weighted by atomic mass is 10.1. The molecule has 3 nitrogen and oxygen atoms in total. The highest BCUT2D eigenvalue weighted by molar-refractivity contribution is 5.91. The van der Waals surface area contributed by atoms with Crippen molar-refractivity contribution in [3.63, 3.8) is 0 Å². The Hall–Kier alpha value is -2.55. The van der Waals surface area contributed by atoms with Crippen molar-refractivity contribution in [2.75, 3.05) is 5.32 Å². The third-order valence-electron chi connectivity index (χ3n) is 3.52. The van der Waals surface area contributed by atoms with Crippen LogP contribution in [0.4, 0.5) is 11.4 Å². The lowest BCUT2D eigenvalue weighted by Crippen LogP contribution is -1.93. The third kappa shape index (κ3) is 1.71. The number of rotatable bonds is 2. The van der Waals surface area contributed by atoms with E-state index in [1.807, 2.05) is 24.5 Å². The number of benzene rings is 1. The van der Waals surface area contributed by atoms with Crippen molar-refractivity contribution >= 4 is 28.5 Å². The van der Waals surface area contributed by atoms with Crippen LogP contribution in [0.1, 0.15) is 11.1 Å². The highest BCUT2D eigenvalue weighted by atomic mass is 14.9. The molecule has 0 aliphatic heterocycles. The minimum Gasteiger partial charge on any atom is -0.355 e. The van der Waals surface area contributed by atoms with Crippen molar-refractivity contribution in [2.45, 2.75) is 6.42 Å². The number of fused-ring (bicyclic) bond motifs is 2. The number of aromatic amines is 1. The van der Waals surface area contributed by atoms with Crippen LogP contribution in [-0.2, 0) is 6.42 Å².